The minimum absolute atomic E-state index is 0.112. The first-order valence-corrected chi connectivity index (χ1v) is 5.80. The fourth-order valence-corrected chi connectivity index (χ4v) is 1.89. The molecular formula is C14H12ClNO2. The van der Waals surface area contributed by atoms with Gasteiger partial charge < -0.3 is 10.4 Å². The van der Waals surface area contributed by atoms with Gasteiger partial charge in [0.2, 0.25) is 0 Å². The van der Waals surface area contributed by atoms with Crippen molar-refractivity contribution in [3.05, 3.63) is 58.6 Å². The second-order valence-electron chi connectivity index (χ2n) is 3.96. The summed E-state index contributed by atoms with van der Waals surface area (Å²) >= 11 is 5.84. The Kier molecular flexibility index (Phi) is 3.53. The first-order valence-electron chi connectivity index (χ1n) is 5.43. The number of phenols is 1. The second-order valence-corrected chi connectivity index (χ2v) is 4.40. The molecule has 0 radical (unpaired) electrons. The summed E-state index contributed by atoms with van der Waals surface area (Å²) in [5.74, 6) is -0.115. The standard InChI is InChI=1S/C14H12ClNO2/c1-9-7-10(15)5-6-13(9)14(18)16-11-3-2-4-12(17)8-11/h2-8,17H,1H3,(H,16,18). The molecule has 0 fully saturated rings. The van der Waals surface area contributed by atoms with Crippen LogP contribution >= 0.6 is 11.6 Å². The summed E-state index contributed by atoms with van der Waals surface area (Å²) in [4.78, 5) is 12.0. The van der Waals surface area contributed by atoms with Gasteiger partial charge in [0, 0.05) is 22.3 Å². The van der Waals surface area contributed by atoms with Gasteiger partial charge in [-0.3, -0.25) is 4.79 Å². The Morgan fingerprint density at radius 1 is 1.22 bits per heavy atom. The van der Waals surface area contributed by atoms with Crippen LogP contribution in [0.1, 0.15) is 15.9 Å². The Bertz CT molecular complexity index is 596. The summed E-state index contributed by atoms with van der Waals surface area (Å²) in [5, 5.41) is 12.6. The number of nitrogens with one attached hydrogen (secondary N) is 1. The van der Waals surface area contributed by atoms with Gasteiger partial charge in [-0.05, 0) is 42.8 Å². The summed E-state index contributed by atoms with van der Waals surface area (Å²) in [5.41, 5.74) is 1.91. The maximum absolute atomic E-state index is 12.0. The lowest BCUT2D eigenvalue weighted by Gasteiger charge is -2.08. The number of phenolic OH excluding ortho intramolecular Hbond substituents is 1. The number of anilines is 1. The van der Waals surface area contributed by atoms with E-state index in [1.807, 2.05) is 6.92 Å². The van der Waals surface area contributed by atoms with Crippen molar-refractivity contribution in [1.29, 1.82) is 0 Å². The van der Waals surface area contributed by atoms with Crippen molar-refractivity contribution in [2.24, 2.45) is 0 Å². The first-order chi connectivity index (χ1) is 8.56. The molecule has 3 nitrogen and oxygen atoms in total. The number of hydrogen-bond acceptors (Lipinski definition) is 2. The number of aromatic hydroxyl groups is 1. The molecule has 2 aromatic carbocycles. The van der Waals surface area contributed by atoms with E-state index in [0.717, 1.165) is 5.56 Å². The third kappa shape index (κ3) is 2.81. The van der Waals surface area contributed by atoms with E-state index in [1.54, 1.807) is 36.4 Å². The van der Waals surface area contributed by atoms with Crippen LogP contribution in [0.3, 0.4) is 0 Å². The summed E-state index contributed by atoms with van der Waals surface area (Å²) < 4.78 is 0. The predicted molar refractivity (Wildman–Crippen MR) is 72.2 cm³/mol. The van der Waals surface area contributed by atoms with E-state index < -0.39 is 0 Å². The van der Waals surface area contributed by atoms with E-state index in [-0.39, 0.29) is 11.7 Å². The van der Waals surface area contributed by atoms with Gasteiger partial charge in [-0.1, -0.05) is 17.7 Å². The van der Waals surface area contributed by atoms with Crippen molar-refractivity contribution >= 4 is 23.2 Å². The molecule has 0 saturated heterocycles. The molecule has 4 heteroatoms. The fourth-order valence-electron chi connectivity index (χ4n) is 1.66. The lowest BCUT2D eigenvalue weighted by molar-refractivity contribution is 0.102. The summed E-state index contributed by atoms with van der Waals surface area (Å²) in [7, 11) is 0. The van der Waals surface area contributed by atoms with Crippen molar-refractivity contribution < 1.29 is 9.90 Å². The molecular weight excluding hydrogens is 250 g/mol. The maximum atomic E-state index is 12.0. The second kappa shape index (κ2) is 5.10. The molecule has 0 saturated carbocycles. The Labute approximate surface area is 110 Å². The monoisotopic (exact) mass is 261 g/mol. The van der Waals surface area contributed by atoms with Gasteiger partial charge in [-0.15, -0.1) is 0 Å². The average molecular weight is 262 g/mol. The molecule has 2 N–H and O–H groups in total. The van der Waals surface area contributed by atoms with E-state index in [0.29, 0.717) is 16.3 Å². The third-order valence-electron chi connectivity index (χ3n) is 2.54. The van der Waals surface area contributed by atoms with Gasteiger partial charge in [-0.25, -0.2) is 0 Å². The molecule has 0 aromatic heterocycles. The van der Waals surface area contributed by atoms with Crippen LogP contribution < -0.4 is 5.32 Å². The minimum atomic E-state index is -0.227. The number of benzene rings is 2. The van der Waals surface area contributed by atoms with E-state index in [1.165, 1.54) is 6.07 Å². The SMILES string of the molecule is Cc1cc(Cl)ccc1C(=O)Nc1cccc(O)c1. The Hall–Kier alpha value is -2.00. The van der Waals surface area contributed by atoms with Crippen LogP contribution in [0.4, 0.5) is 5.69 Å². The molecule has 0 aliphatic carbocycles. The highest BCUT2D eigenvalue weighted by molar-refractivity contribution is 6.30. The summed E-state index contributed by atoms with van der Waals surface area (Å²) in [6.45, 7) is 1.82. The molecule has 92 valence electrons. The van der Waals surface area contributed by atoms with Gasteiger partial charge in [0.1, 0.15) is 5.75 Å². The number of carbonyl (C=O) groups is 1. The fraction of sp³-hybridized carbons (Fsp3) is 0.0714. The highest BCUT2D eigenvalue weighted by Crippen LogP contribution is 2.19. The zero-order valence-electron chi connectivity index (χ0n) is 9.77. The van der Waals surface area contributed by atoms with Crippen LogP contribution in [-0.2, 0) is 0 Å². The lowest BCUT2D eigenvalue weighted by atomic mass is 10.1. The summed E-state index contributed by atoms with van der Waals surface area (Å²) in [6.07, 6.45) is 0. The molecule has 0 bridgehead atoms. The number of carbonyl (C=O) groups excluding carboxylic acids is 1. The summed E-state index contributed by atoms with van der Waals surface area (Å²) in [6, 6.07) is 11.5. The molecule has 0 spiro atoms. The average Bonchev–Trinajstić information content (AvgIpc) is 2.28. The van der Waals surface area contributed by atoms with Gasteiger partial charge in [0.25, 0.3) is 5.91 Å². The highest BCUT2D eigenvalue weighted by Gasteiger charge is 2.09. The molecule has 2 rings (SSSR count). The van der Waals surface area contributed by atoms with E-state index in [9.17, 15) is 9.90 Å². The van der Waals surface area contributed by atoms with E-state index >= 15 is 0 Å². The molecule has 1 amide bonds. The Balaban J connectivity index is 2.22. The van der Waals surface area contributed by atoms with E-state index in [4.69, 9.17) is 11.6 Å². The quantitative estimate of drug-likeness (QED) is 0.868. The number of aryl methyl sites for hydroxylation is 1. The minimum Gasteiger partial charge on any atom is -0.508 e. The van der Waals surface area contributed by atoms with Crippen LogP contribution in [0, 0.1) is 6.92 Å². The van der Waals surface area contributed by atoms with Crippen LogP contribution in [0.2, 0.25) is 5.02 Å². The normalized spacial score (nSPS) is 10.1. The van der Waals surface area contributed by atoms with E-state index in [2.05, 4.69) is 5.32 Å². The Morgan fingerprint density at radius 3 is 2.67 bits per heavy atom. The van der Waals surface area contributed by atoms with Crippen LogP contribution in [0.25, 0.3) is 0 Å². The van der Waals surface area contributed by atoms with Crippen molar-refractivity contribution in [2.75, 3.05) is 5.32 Å². The number of rotatable bonds is 2. The lowest BCUT2D eigenvalue weighted by Crippen LogP contribution is -2.13. The Morgan fingerprint density at radius 2 is 2.00 bits per heavy atom. The molecule has 18 heavy (non-hydrogen) atoms. The highest BCUT2D eigenvalue weighted by atomic mass is 35.5. The molecule has 0 unspecified atom stereocenters. The van der Waals surface area contributed by atoms with Gasteiger partial charge in [0.15, 0.2) is 0 Å². The largest absolute Gasteiger partial charge is 0.508 e. The smallest absolute Gasteiger partial charge is 0.255 e. The van der Waals surface area contributed by atoms with Gasteiger partial charge in [0.05, 0.1) is 0 Å². The van der Waals surface area contributed by atoms with Crippen molar-refractivity contribution in [1.82, 2.24) is 0 Å². The molecule has 2 aromatic rings. The van der Waals surface area contributed by atoms with Crippen molar-refractivity contribution in [2.45, 2.75) is 6.92 Å². The van der Waals surface area contributed by atoms with Crippen LogP contribution in [-0.4, -0.2) is 11.0 Å². The molecule has 0 aliphatic heterocycles. The molecule has 0 aliphatic rings. The topological polar surface area (TPSA) is 49.3 Å². The van der Waals surface area contributed by atoms with Crippen LogP contribution in [0.5, 0.6) is 5.75 Å². The molecule has 0 heterocycles. The van der Waals surface area contributed by atoms with Gasteiger partial charge >= 0.3 is 0 Å². The third-order valence-corrected chi connectivity index (χ3v) is 2.77. The first kappa shape index (κ1) is 12.5. The maximum Gasteiger partial charge on any atom is 0.255 e. The number of amides is 1. The van der Waals surface area contributed by atoms with Crippen molar-refractivity contribution in [3.63, 3.8) is 0 Å². The van der Waals surface area contributed by atoms with Gasteiger partial charge in [-0.2, -0.15) is 0 Å². The van der Waals surface area contributed by atoms with Crippen molar-refractivity contribution in [3.8, 4) is 5.75 Å². The number of hydrogen-bond donors (Lipinski definition) is 2. The number of halogens is 1. The molecule has 0 atom stereocenters. The zero-order valence-corrected chi connectivity index (χ0v) is 10.5. The predicted octanol–water partition coefficient (Wildman–Crippen LogP) is 3.61. The van der Waals surface area contributed by atoms with Crippen LogP contribution in [0.15, 0.2) is 42.5 Å². The zero-order chi connectivity index (χ0) is 13.1.